The van der Waals surface area contributed by atoms with Crippen molar-refractivity contribution in [2.24, 2.45) is 16.3 Å². The van der Waals surface area contributed by atoms with Crippen molar-refractivity contribution >= 4 is 29.9 Å². The molecule has 3 atom stereocenters. The highest BCUT2D eigenvalue weighted by molar-refractivity contribution is 14.0. The number of guanidine groups is 1. The van der Waals surface area contributed by atoms with E-state index in [2.05, 4.69) is 34.4 Å². The van der Waals surface area contributed by atoms with E-state index in [1.54, 1.807) is 12.1 Å². The fourth-order valence-corrected chi connectivity index (χ4v) is 5.21. The highest BCUT2D eigenvalue weighted by Gasteiger charge is 2.59. The first-order valence-corrected chi connectivity index (χ1v) is 10.6. The lowest BCUT2D eigenvalue weighted by Gasteiger charge is -2.55. The van der Waals surface area contributed by atoms with Crippen molar-refractivity contribution in [3.8, 4) is 0 Å². The molecule has 2 saturated heterocycles. The lowest BCUT2D eigenvalue weighted by atomic mass is 9.57. The van der Waals surface area contributed by atoms with Crippen LogP contribution in [0.3, 0.4) is 0 Å². The van der Waals surface area contributed by atoms with Crippen LogP contribution in [0.1, 0.15) is 38.7 Å². The predicted octanol–water partition coefficient (Wildman–Crippen LogP) is 3.39. The molecule has 2 N–H and O–H groups in total. The maximum Gasteiger partial charge on any atom is 0.191 e. The van der Waals surface area contributed by atoms with Gasteiger partial charge < -0.3 is 15.4 Å². The Bertz CT molecular complexity index is 703. The van der Waals surface area contributed by atoms with Crippen LogP contribution >= 0.6 is 24.0 Å². The molecule has 2 aliphatic heterocycles. The summed E-state index contributed by atoms with van der Waals surface area (Å²) in [6.45, 7) is 8.44. The van der Waals surface area contributed by atoms with Gasteiger partial charge in [-0.25, -0.2) is 4.39 Å². The fraction of sp³-hybridized carbons (Fsp3) is 0.682. The number of nitrogens with zero attached hydrogens (tertiary/aromatic N) is 2. The molecule has 2 heterocycles. The van der Waals surface area contributed by atoms with E-state index >= 15 is 0 Å². The standard InChI is InChI=1S/C22H33FN4O.HI/c1-22(2)19(18-10-13-28-20(18)22)26-21(24-3)25-17-8-11-27(12-9-17)14-15-4-6-16(23)7-5-15;/h4-7,17-20H,8-14H2,1-3H3,(H2,24,25,26);1H. The first-order valence-electron chi connectivity index (χ1n) is 10.6. The van der Waals surface area contributed by atoms with Gasteiger partial charge in [-0.1, -0.05) is 26.0 Å². The summed E-state index contributed by atoms with van der Waals surface area (Å²) in [6.07, 6.45) is 3.71. The third-order valence-corrected chi connectivity index (χ3v) is 6.86. The van der Waals surface area contributed by atoms with Gasteiger partial charge in [0.15, 0.2) is 5.96 Å². The van der Waals surface area contributed by atoms with E-state index in [0.29, 0.717) is 24.1 Å². The predicted molar refractivity (Wildman–Crippen MR) is 125 cm³/mol. The summed E-state index contributed by atoms with van der Waals surface area (Å²) < 4.78 is 19.0. The average Bonchev–Trinajstić information content (AvgIpc) is 3.15. The van der Waals surface area contributed by atoms with E-state index in [1.165, 1.54) is 5.56 Å². The minimum absolute atomic E-state index is 0. The Labute approximate surface area is 190 Å². The molecule has 4 rings (SSSR count). The van der Waals surface area contributed by atoms with Crippen LogP contribution < -0.4 is 10.6 Å². The highest BCUT2D eigenvalue weighted by Crippen LogP contribution is 2.52. The van der Waals surface area contributed by atoms with Crippen LogP contribution in [0.4, 0.5) is 4.39 Å². The van der Waals surface area contributed by atoms with E-state index < -0.39 is 0 Å². The summed E-state index contributed by atoms with van der Waals surface area (Å²) in [4.78, 5) is 6.92. The molecule has 0 spiro atoms. The van der Waals surface area contributed by atoms with E-state index in [-0.39, 0.29) is 35.2 Å². The van der Waals surface area contributed by atoms with Gasteiger partial charge in [0, 0.05) is 56.7 Å². The van der Waals surface area contributed by atoms with Crippen LogP contribution in [0.2, 0.25) is 0 Å². The smallest absolute Gasteiger partial charge is 0.191 e. The quantitative estimate of drug-likeness (QED) is 0.366. The third kappa shape index (κ3) is 4.88. The molecule has 0 radical (unpaired) electrons. The maximum absolute atomic E-state index is 13.1. The summed E-state index contributed by atoms with van der Waals surface area (Å²) in [5.74, 6) is 1.35. The fourth-order valence-electron chi connectivity index (χ4n) is 5.21. The first-order chi connectivity index (χ1) is 13.5. The van der Waals surface area contributed by atoms with Crippen LogP contribution in [-0.2, 0) is 11.3 Å². The Morgan fingerprint density at radius 2 is 1.86 bits per heavy atom. The summed E-state index contributed by atoms with van der Waals surface area (Å²) >= 11 is 0. The van der Waals surface area contributed by atoms with Gasteiger partial charge in [0.1, 0.15) is 5.82 Å². The van der Waals surface area contributed by atoms with E-state index in [1.807, 2.05) is 19.2 Å². The van der Waals surface area contributed by atoms with Gasteiger partial charge in [-0.15, -0.1) is 24.0 Å². The molecule has 0 aromatic heterocycles. The number of nitrogens with one attached hydrogen (secondary N) is 2. The van der Waals surface area contributed by atoms with Gasteiger partial charge in [-0.3, -0.25) is 9.89 Å². The SMILES string of the molecule is CN=C(NC1CCN(Cc2ccc(F)cc2)CC1)NC1C2CCOC2C1(C)C.I. The molecule has 0 bridgehead atoms. The molecule has 1 aromatic carbocycles. The van der Waals surface area contributed by atoms with Crippen molar-refractivity contribution in [2.75, 3.05) is 26.7 Å². The molecule has 1 aromatic rings. The Morgan fingerprint density at radius 1 is 1.17 bits per heavy atom. The van der Waals surface area contributed by atoms with Crippen LogP contribution in [0.25, 0.3) is 0 Å². The summed E-state index contributed by atoms with van der Waals surface area (Å²) in [7, 11) is 1.85. The number of hydrogen-bond acceptors (Lipinski definition) is 3. The van der Waals surface area contributed by atoms with Gasteiger partial charge in [-0.05, 0) is 37.0 Å². The van der Waals surface area contributed by atoms with Crippen molar-refractivity contribution < 1.29 is 9.13 Å². The minimum Gasteiger partial charge on any atom is -0.377 e. The molecule has 1 aliphatic carbocycles. The number of halogens is 2. The molecule has 0 amide bonds. The zero-order valence-electron chi connectivity index (χ0n) is 17.7. The molecule has 1 saturated carbocycles. The monoisotopic (exact) mass is 516 g/mol. The molecule has 3 fully saturated rings. The second kappa shape index (κ2) is 9.47. The second-order valence-electron chi connectivity index (χ2n) is 9.08. The van der Waals surface area contributed by atoms with Crippen molar-refractivity contribution in [1.82, 2.24) is 15.5 Å². The third-order valence-electron chi connectivity index (χ3n) is 6.86. The molecule has 3 aliphatic rings. The van der Waals surface area contributed by atoms with E-state index in [9.17, 15) is 4.39 Å². The Kier molecular flexibility index (Phi) is 7.43. The Balaban J connectivity index is 0.00000240. The number of fused-ring (bicyclic) bond motifs is 1. The number of hydrogen-bond donors (Lipinski definition) is 2. The average molecular weight is 516 g/mol. The summed E-state index contributed by atoms with van der Waals surface area (Å²) in [5.41, 5.74) is 1.32. The van der Waals surface area contributed by atoms with Crippen molar-refractivity contribution in [3.63, 3.8) is 0 Å². The second-order valence-corrected chi connectivity index (χ2v) is 9.08. The lowest BCUT2D eigenvalue weighted by Crippen LogP contribution is -2.68. The van der Waals surface area contributed by atoms with Crippen molar-refractivity contribution in [3.05, 3.63) is 35.6 Å². The molecular weight excluding hydrogens is 482 g/mol. The maximum atomic E-state index is 13.1. The van der Waals surface area contributed by atoms with Crippen molar-refractivity contribution in [1.29, 1.82) is 0 Å². The van der Waals surface area contributed by atoms with Gasteiger partial charge in [-0.2, -0.15) is 0 Å². The molecule has 162 valence electrons. The molecule has 3 unspecified atom stereocenters. The largest absolute Gasteiger partial charge is 0.377 e. The zero-order valence-corrected chi connectivity index (χ0v) is 20.0. The van der Waals surface area contributed by atoms with Gasteiger partial charge in [0.05, 0.1) is 6.10 Å². The molecule has 7 heteroatoms. The van der Waals surface area contributed by atoms with Gasteiger partial charge in [0.25, 0.3) is 0 Å². The zero-order chi connectivity index (χ0) is 19.7. The Morgan fingerprint density at radius 3 is 2.52 bits per heavy atom. The Hall–Kier alpha value is -0.930. The summed E-state index contributed by atoms with van der Waals surface area (Å²) in [5, 5.41) is 7.31. The van der Waals surface area contributed by atoms with E-state index in [0.717, 1.165) is 51.5 Å². The van der Waals surface area contributed by atoms with E-state index in [4.69, 9.17) is 4.74 Å². The number of likely N-dealkylation sites (tertiary alicyclic amines) is 1. The number of rotatable bonds is 4. The topological polar surface area (TPSA) is 48.9 Å². The number of ether oxygens (including phenoxy) is 1. The van der Waals surface area contributed by atoms with Gasteiger partial charge in [0.2, 0.25) is 0 Å². The first kappa shape index (κ1) is 22.7. The molecule has 29 heavy (non-hydrogen) atoms. The van der Waals surface area contributed by atoms with Crippen LogP contribution in [0.5, 0.6) is 0 Å². The lowest BCUT2D eigenvalue weighted by molar-refractivity contribution is -0.106. The number of aliphatic imine (C=N–C) groups is 1. The van der Waals surface area contributed by atoms with Crippen LogP contribution in [0, 0.1) is 17.2 Å². The minimum atomic E-state index is -0.171. The summed E-state index contributed by atoms with van der Waals surface area (Å²) in [6, 6.07) is 7.71. The van der Waals surface area contributed by atoms with Crippen LogP contribution in [-0.4, -0.2) is 55.8 Å². The number of piperidine rings is 1. The highest BCUT2D eigenvalue weighted by atomic mass is 127. The normalized spacial score (nSPS) is 29.5. The van der Waals surface area contributed by atoms with Crippen LogP contribution in [0.15, 0.2) is 29.3 Å². The molecule has 5 nitrogen and oxygen atoms in total. The van der Waals surface area contributed by atoms with Crippen molar-refractivity contribution in [2.45, 2.75) is 57.8 Å². The van der Waals surface area contributed by atoms with Gasteiger partial charge >= 0.3 is 0 Å². The number of benzene rings is 1. The molecular formula is C22H34FIN4O.